The lowest BCUT2D eigenvalue weighted by Gasteiger charge is -2.33. The van der Waals surface area contributed by atoms with Gasteiger partial charge in [-0.1, -0.05) is 18.6 Å². The summed E-state index contributed by atoms with van der Waals surface area (Å²) in [6.45, 7) is 0.807. The average molecular weight is 353 g/mol. The first-order chi connectivity index (χ1) is 12.7. The zero-order valence-electron chi connectivity index (χ0n) is 14.8. The molecule has 2 saturated heterocycles. The summed E-state index contributed by atoms with van der Waals surface area (Å²) in [5, 5.41) is 3.24. The van der Waals surface area contributed by atoms with Crippen molar-refractivity contribution in [3.63, 3.8) is 0 Å². The molecule has 0 bridgehead atoms. The number of rotatable bonds is 3. The summed E-state index contributed by atoms with van der Waals surface area (Å²) in [5.41, 5.74) is 2.32. The minimum atomic E-state index is -0.216. The van der Waals surface area contributed by atoms with Crippen LogP contribution >= 0.6 is 0 Å². The number of nitrogens with zero attached hydrogens (tertiary/aromatic N) is 2. The van der Waals surface area contributed by atoms with Crippen LogP contribution in [0.5, 0.6) is 0 Å². The Morgan fingerprint density at radius 3 is 2.65 bits per heavy atom. The molecule has 136 valence electrons. The summed E-state index contributed by atoms with van der Waals surface area (Å²) >= 11 is 0. The van der Waals surface area contributed by atoms with Gasteiger partial charge in [0.05, 0.1) is 0 Å². The molecule has 4 nitrogen and oxygen atoms in total. The molecule has 3 atom stereocenters. The molecule has 2 aliphatic rings. The fourth-order valence-corrected chi connectivity index (χ4v) is 4.37. The molecular weight excluding hydrogens is 329 g/mol. The van der Waals surface area contributed by atoms with E-state index in [0.29, 0.717) is 12.5 Å². The predicted molar refractivity (Wildman–Crippen MR) is 97.7 cm³/mol. The van der Waals surface area contributed by atoms with Crippen LogP contribution in [-0.4, -0.2) is 27.9 Å². The topological polar surface area (TPSA) is 45.2 Å². The van der Waals surface area contributed by atoms with E-state index in [1.807, 2.05) is 36.7 Å². The normalized spacial score (nSPS) is 26.7. The molecule has 1 aromatic heterocycles. The molecule has 2 aromatic rings. The van der Waals surface area contributed by atoms with Crippen molar-refractivity contribution in [2.75, 3.05) is 0 Å². The second-order valence-corrected chi connectivity index (χ2v) is 7.32. The van der Waals surface area contributed by atoms with Crippen LogP contribution in [0.15, 0.2) is 48.8 Å². The molecule has 26 heavy (non-hydrogen) atoms. The van der Waals surface area contributed by atoms with Crippen molar-refractivity contribution in [2.45, 2.75) is 56.8 Å². The number of benzene rings is 1. The molecule has 0 unspecified atom stereocenters. The molecule has 0 saturated carbocycles. The molecule has 0 radical (unpaired) electrons. The molecular formula is C21H24FN3O. The van der Waals surface area contributed by atoms with Crippen LogP contribution in [-0.2, 0) is 11.3 Å². The van der Waals surface area contributed by atoms with Crippen molar-refractivity contribution in [1.82, 2.24) is 15.2 Å². The first-order valence-corrected chi connectivity index (χ1v) is 9.40. The van der Waals surface area contributed by atoms with E-state index in [4.69, 9.17) is 0 Å². The van der Waals surface area contributed by atoms with Crippen LogP contribution in [0.1, 0.15) is 49.3 Å². The number of nitrogens with one attached hydrogen (secondary N) is 1. The molecule has 5 heteroatoms. The van der Waals surface area contributed by atoms with Crippen molar-refractivity contribution in [1.29, 1.82) is 0 Å². The van der Waals surface area contributed by atoms with Gasteiger partial charge in [-0.05, 0) is 54.7 Å². The number of carbonyl (C=O) groups is 1. The van der Waals surface area contributed by atoms with Gasteiger partial charge in [-0.15, -0.1) is 0 Å². The van der Waals surface area contributed by atoms with E-state index in [1.54, 1.807) is 0 Å². The second kappa shape index (κ2) is 7.54. The number of halogens is 1. The standard InChI is InChI=1S/C21H24FN3O/c22-17-7-5-16(6-8-17)20-13-18-19(3-1-2-4-21(26)24-18)25(20)14-15-9-11-23-12-10-15/h5-12,18-20H,1-4,13-14H2,(H,24,26)/t18-,19+,20+/m1/s1. The summed E-state index contributed by atoms with van der Waals surface area (Å²) in [4.78, 5) is 18.7. The Morgan fingerprint density at radius 1 is 1.12 bits per heavy atom. The first kappa shape index (κ1) is 17.2. The predicted octanol–water partition coefficient (Wildman–Crippen LogP) is 3.60. The Kier molecular flexibility index (Phi) is 4.98. The van der Waals surface area contributed by atoms with E-state index in [0.717, 1.165) is 37.8 Å². The maximum absolute atomic E-state index is 13.4. The maximum atomic E-state index is 13.4. The molecule has 2 fully saturated rings. The number of aromatic nitrogens is 1. The zero-order valence-corrected chi connectivity index (χ0v) is 14.8. The highest BCUT2D eigenvalue weighted by atomic mass is 19.1. The van der Waals surface area contributed by atoms with Crippen LogP contribution in [0.2, 0.25) is 0 Å². The first-order valence-electron chi connectivity index (χ1n) is 9.40. The summed E-state index contributed by atoms with van der Waals surface area (Å²) in [6.07, 6.45) is 8.21. The van der Waals surface area contributed by atoms with Gasteiger partial charge < -0.3 is 5.32 Å². The van der Waals surface area contributed by atoms with Gasteiger partial charge in [-0.2, -0.15) is 0 Å². The van der Waals surface area contributed by atoms with E-state index in [2.05, 4.69) is 15.2 Å². The highest BCUT2D eigenvalue weighted by Crippen LogP contribution is 2.40. The van der Waals surface area contributed by atoms with Crippen LogP contribution in [0.4, 0.5) is 4.39 Å². The van der Waals surface area contributed by atoms with E-state index in [1.165, 1.54) is 17.7 Å². The third kappa shape index (κ3) is 3.63. The van der Waals surface area contributed by atoms with E-state index in [9.17, 15) is 9.18 Å². The second-order valence-electron chi connectivity index (χ2n) is 7.32. The Bertz CT molecular complexity index is 750. The Hall–Kier alpha value is -2.27. The number of fused-ring (bicyclic) bond motifs is 1. The minimum absolute atomic E-state index is 0.152. The number of hydrogen-bond donors (Lipinski definition) is 1. The smallest absolute Gasteiger partial charge is 0.220 e. The largest absolute Gasteiger partial charge is 0.352 e. The fourth-order valence-electron chi connectivity index (χ4n) is 4.37. The molecule has 1 aromatic carbocycles. The molecule has 0 aliphatic carbocycles. The van der Waals surface area contributed by atoms with Gasteiger partial charge in [-0.3, -0.25) is 14.7 Å². The quantitative estimate of drug-likeness (QED) is 0.917. The lowest BCUT2D eigenvalue weighted by molar-refractivity contribution is -0.122. The van der Waals surface area contributed by atoms with Crippen molar-refractivity contribution < 1.29 is 9.18 Å². The Labute approximate surface area is 153 Å². The third-order valence-corrected chi connectivity index (χ3v) is 5.64. The van der Waals surface area contributed by atoms with Gasteiger partial charge in [0, 0.05) is 43.5 Å². The average Bonchev–Trinajstić information content (AvgIpc) is 2.95. The van der Waals surface area contributed by atoms with Crippen LogP contribution < -0.4 is 5.32 Å². The third-order valence-electron chi connectivity index (χ3n) is 5.64. The van der Waals surface area contributed by atoms with Crippen LogP contribution in [0.3, 0.4) is 0 Å². The molecule has 4 rings (SSSR count). The number of carbonyl (C=O) groups excluding carboxylic acids is 1. The summed E-state index contributed by atoms with van der Waals surface area (Å²) in [7, 11) is 0. The van der Waals surface area contributed by atoms with Gasteiger partial charge in [0.15, 0.2) is 0 Å². The lowest BCUT2D eigenvalue weighted by Crippen LogP contribution is -2.45. The summed E-state index contributed by atoms with van der Waals surface area (Å²) in [6, 6.07) is 11.5. The van der Waals surface area contributed by atoms with Gasteiger partial charge in [0.1, 0.15) is 5.82 Å². The number of amides is 1. The molecule has 2 aliphatic heterocycles. The molecule has 3 heterocycles. The maximum Gasteiger partial charge on any atom is 0.220 e. The van der Waals surface area contributed by atoms with E-state index >= 15 is 0 Å². The SMILES string of the molecule is O=C1CCCC[C@H]2[C@@H](C[C@@H](c3ccc(F)cc3)N2Cc2ccncc2)N1. The monoisotopic (exact) mass is 353 g/mol. The number of pyridine rings is 1. The Balaban J connectivity index is 1.65. The van der Waals surface area contributed by atoms with Crippen molar-refractivity contribution in [2.24, 2.45) is 0 Å². The summed E-state index contributed by atoms with van der Waals surface area (Å²) in [5.74, 6) is -0.0601. The van der Waals surface area contributed by atoms with Crippen molar-refractivity contribution in [3.05, 3.63) is 65.7 Å². The summed E-state index contributed by atoms with van der Waals surface area (Å²) < 4.78 is 13.4. The van der Waals surface area contributed by atoms with Crippen molar-refractivity contribution >= 4 is 5.91 Å². The number of hydrogen-bond acceptors (Lipinski definition) is 3. The van der Waals surface area contributed by atoms with E-state index in [-0.39, 0.29) is 23.8 Å². The van der Waals surface area contributed by atoms with Gasteiger partial charge in [-0.25, -0.2) is 4.39 Å². The lowest BCUT2D eigenvalue weighted by atomic mass is 9.97. The van der Waals surface area contributed by atoms with Crippen molar-refractivity contribution in [3.8, 4) is 0 Å². The molecule has 1 amide bonds. The highest BCUT2D eigenvalue weighted by molar-refractivity contribution is 5.76. The van der Waals surface area contributed by atoms with Gasteiger partial charge >= 0.3 is 0 Å². The molecule has 0 spiro atoms. The van der Waals surface area contributed by atoms with Crippen LogP contribution in [0, 0.1) is 5.82 Å². The highest BCUT2D eigenvalue weighted by Gasteiger charge is 2.42. The Morgan fingerprint density at radius 2 is 1.88 bits per heavy atom. The van der Waals surface area contributed by atoms with E-state index < -0.39 is 0 Å². The zero-order chi connectivity index (χ0) is 17.9. The number of likely N-dealkylation sites (tertiary alicyclic amines) is 1. The molecule has 1 N–H and O–H groups in total. The fraction of sp³-hybridized carbons (Fsp3) is 0.429. The van der Waals surface area contributed by atoms with Crippen LogP contribution in [0.25, 0.3) is 0 Å². The minimum Gasteiger partial charge on any atom is -0.352 e. The van der Waals surface area contributed by atoms with Gasteiger partial charge in [0.2, 0.25) is 5.91 Å². The van der Waals surface area contributed by atoms with Gasteiger partial charge in [0.25, 0.3) is 0 Å².